The zero-order valence-corrected chi connectivity index (χ0v) is 9.89. The first-order chi connectivity index (χ1) is 6.25. The monoisotopic (exact) mass is 245 g/mol. The van der Waals surface area contributed by atoms with Crippen LogP contribution in [0.2, 0.25) is 0 Å². The quantitative estimate of drug-likeness (QED) is 0.786. The van der Waals surface area contributed by atoms with Gasteiger partial charge in [-0.3, -0.25) is 0 Å². The van der Waals surface area contributed by atoms with Crippen molar-refractivity contribution < 1.29 is 0 Å². The molecule has 1 aromatic carbocycles. The van der Waals surface area contributed by atoms with Crippen LogP contribution in [0, 0.1) is 6.92 Å². The molecule has 0 atom stereocenters. The van der Waals surface area contributed by atoms with Gasteiger partial charge in [-0.2, -0.15) is 5.10 Å². The van der Waals surface area contributed by atoms with E-state index in [-0.39, 0.29) is 24.8 Å². The summed E-state index contributed by atoms with van der Waals surface area (Å²) >= 11 is 0. The number of aryl methyl sites for hydroxylation is 1. The number of nitrogens with two attached hydrogens (primary N) is 1. The van der Waals surface area contributed by atoms with Gasteiger partial charge in [-0.05, 0) is 37.3 Å². The van der Waals surface area contributed by atoms with Crippen LogP contribution in [0.3, 0.4) is 0 Å². The van der Waals surface area contributed by atoms with E-state index in [0.717, 1.165) is 17.1 Å². The number of hydrogen-bond acceptors (Lipinski definition) is 2. The molecule has 0 fully saturated rings. The minimum Gasteiger partial charge on any atom is -0.399 e. The third-order valence-corrected chi connectivity index (χ3v) is 1.88. The molecule has 0 bridgehead atoms. The van der Waals surface area contributed by atoms with Crippen LogP contribution in [0.4, 0.5) is 5.69 Å². The molecule has 2 aromatic rings. The normalized spacial score (nSPS) is 8.87. The van der Waals surface area contributed by atoms with E-state index in [1.54, 1.807) is 0 Å². The summed E-state index contributed by atoms with van der Waals surface area (Å²) in [7, 11) is 0. The molecule has 0 unspecified atom stereocenters. The van der Waals surface area contributed by atoms with Crippen molar-refractivity contribution in [2.24, 2.45) is 0 Å². The summed E-state index contributed by atoms with van der Waals surface area (Å²) in [6, 6.07) is 9.60. The summed E-state index contributed by atoms with van der Waals surface area (Å²) in [6.45, 7) is 1.97. The van der Waals surface area contributed by atoms with Crippen molar-refractivity contribution >= 4 is 30.5 Å². The lowest BCUT2D eigenvalue weighted by molar-refractivity contribution is 0.863. The average molecular weight is 246 g/mol. The van der Waals surface area contributed by atoms with Gasteiger partial charge in [-0.1, -0.05) is 0 Å². The van der Waals surface area contributed by atoms with Gasteiger partial charge >= 0.3 is 0 Å². The fourth-order valence-electron chi connectivity index (χ4n) is 1.19. The lowest BCUT2D eigenvalue weighted by Gasteiger charge is -2.00. The number of aromatic nitrogens is 2. The van der Waals surface area contributed by atoms with Crippen LogP contribution in [-0.4, -0.2) is 9.78 Å². The van der Waals surface area contributed by atoms with Crippen LogP contribution in [0.15, 0.2) is 36.5 Å². The Labute approximate surface area is 101 Å². The Morgan fingerprint density at radius 1 is 1.07 bits per heavy atom. The Morgan fingerprint density at radius 3 is 2.13 bits per heavy atom. The second-order valence-electron chi connectivity index (χ2n) is 2.99. The van der Waals surface area contributed by atoms with Crippen molar-refractivity contribution in [3.05, 3.63) is 42.2 Å². The van der Waals surface area contributed by atoms with Gasteiger partial charge in [0.05, 0.1) is 11.4 Å². The first kappa shape index (κ1) is 13.8. The molecule has 0 aliphatic rings. The lowest BCUT2D eigenvalue weighted by atomic mass is 10.3. The summed E-state index contributed by atoms with van der Waals surface area (Å²) in [5, 5.41) is 4.29. The summed E-state index contributed by atoms with van der Waals surface area (Å²) in [6.07, 6.45) is 1.93. The molecule has 2 rings (SSSR count). The van der Waals surface area contributed by atoms with Crippen molar-refractivity contribution in [2.75, 3.05) is 5.73 Å². The highest BCUT2D eigenvalue weighted by Gasteiger charge is 1.96. The van der Waals surface area contributed by atoms with Crippen LogP contribution < -0.4 is 5.73 Å². The molecule has 1 aromatic heterocycles. The van der Waals surface area contributed by atoms with Crippen LogP contribution in [0.25, 0.3) is 5.69 Å². The lowest BCUT2D eigenvalue weighted by Crippen LogP contribution is -1.95. The van der Waals surface area contributed by atoms with Gasteiger partial charge < -0.3 is 5.73 Å². The molecule has 0 saturated carbocycles. The minimum absolute atomic E-state index is 0. The van der Waals surface area contributed by atoms with E-state index in [0.29, 0.717) is 0 Å². The van der Waals surface area contributed by atoms with Gasteiger partial charge in [0, 0.05) is 11.9 Å². The van der Waals surface area contributed by atoms with Crippen molar-refractivity contribution in [1.82, 2.24) is 9.78 Å². The van der Waals surface area contributed by atoms with Gasteiger partial charge in [0.15, 0.2) is 0 Å². The fourth-order valence-corrected chi connectivity index (χ4v) is 1.19. The van der Waals surface area contributed by atoms with Crippen molar-refractivity contribution in [3.8, 4) is 5.69 Å². The Balaban J connectivity index is 0.000000980. The number of halogens is 2. The number of nitrogens with zero attached hydrogens (tertiary/aromatic N) is 2. The predicted molar refractivity (Wildman–Crippen MR) is 67.2 cm³/mol. The van der Waals surface area contributed by atoms with E-state index in [1.807, 2.05) is 48.1 Å². The molecule has 0 spiro atoms. The van der Waals surface area contributed by atoms with Crippen LogP contribution in [0.1, 0.15) is 5.69 Å². The van der Waals surface area contributed by atoms with Crippen LogP contribution in [-0.2, 0) is 0 Å². The van der Waals surface area contributed by atoms with Gasteiger partial charge in [-0.15, -0.1) is 24.8 Å². The molecule has 5 heteroatoms. The molecule has 15 heavy (non-hydrogen) atoms. The number of benzene rings is 1. The Morgan fingerprint density at radius 2 is 1.67 bits per heavy atom. The van der Waals surface area contributed by atoms with E-state index >= 15 is 0 Å². The Bertz CT molecular complexity index is 409. The van der Waals surface area contributed by atoms with Crippen molar-refractivity contribution in [3.63, 3.8) is 0 Å². The van der Waals surface area contributed by atoms with Gasteiger partial charge in [0.1, 0.15) is 0 Å². The molecule has 0 aliphatic carbocycles. The third-order valence-electron chi connectivity index (χ3n) is 1.88. The Hall–Kier alpha value is -1.19. The number of nitrogen functional groups attached to an aromatic ring is 1. The maximum Gasteiger partial charge on any atom is 0.0647 e. The summed E-state index contributed by atoms with van der Waals surface area (Å²) in [5.41, 5.74) is 8.39. The van der Waals surface area contributed by atoms with Gasteiger partial charge in [0.25, 0.3) is 0 Å². The van der Waals surface area contributed by atoms with Crippen molar-refractivity contribution in [1.29, 1.82) is 0 Å². The van der Waals surface area contributed by atoms with E-state index in [9.17, 15) is 0 Å². The van der Waals surface area contributed by atoms with E-state index in [2.05, 4.69) is 5.10 Å². The molecule has 0 amide bonds. The number of rotatable bonds is 1. The molecular formula is C10H13Cl2N3. The maximum atomic E-state index is 5.58. The van der Waals surface area contributed by atoms with Crippen LogP contribution >= 0.6 is 24.8 Å². The van der Waals surface area contributed by atoms with E-state index in [1.165, 1.54) is 0 Å². The second kappa shape index (κ2) is 5.63. The summed E-state index contributed by atoms with van der Waals surface area (Å²) in [4.78, 5) is 0. The Kier molecular flexibility index (Phi) is 5.19. The highest BCUT2D eigenvalue weighted by atomic mass is 35.5. The molecule has 82 valence electrons. The minimum atomic E-state index is 0. The predicted octanol–water partition coefficient (Wildman–Crippen LogP) is 2.61. The number of hydrogen-bond donors (Lipinski definition) is 1. The molecular weight excluding hydrogens is 233 g/mol. The van der Waals surface area contributed by atoms with E-state index in [4.69, 9.17) is 5.73 Å². The molecule has 3 nitrogen and oxygen atoms in total. The zero-order chi connectivity index (χ0) is 9.26. The molecule has 1 heterocycles. The van der Waals surface area contributed by atoms with E-state index < -0.39 is 0 Å². The van der Waals surface area contributed by atoms with Gasteiger partial charge in [-0.25, -0.2) is 4.68 Å². The number of anilines is 1. The second-order valence-corrected chi connectivity index (χ2v) is 2.99. The smallest absolute Gasteiger partial charge is 0.0647 e. The highest BCUT2D eigenvalue weighted by molar-refractivity contribution is 5.85. The third kappa shape index (κ3) is 3.15. The SMILES string of the molecule is Cc1ccn(-c2ccc(N)cc2)n1.Cl.Cl. The molecule has 0 saturated heterocycles. The van der Waals surface area contributed by atoms with Gasteiger partial charge in [0.2, 0.25) is 0 Å². The topological polar surface area (TPSA) is 43.8 Å². The highest BCUT2D eigenvalue weighted by Crippen LogP contribution is 2.09. The average Bonchev–Trinajstić information content (AvgIpc) is 2.53. The van der Waals surface area contributed by atoms with Crippen LogP contribution in [0.5, 0.6) is 0 Å². The summed E-state index contributed by atoms with van der Waals surface area (Å²) in [5.74, 6) is 0. The van der Waals surface area contributed by atoms with Crippen molar-refractivity contribution in [2.45, 2.75) is 6.92 Å². The molecule has 0 radical (unpaired) electrons. The molecule has 2 N–H and O–H groups in total. The largest absolute Gasteiger partial charge is 0.399 e. The molecule has 0 aliphatic heterocycles. The first-order valence-electron chi connectivity index (χ1n) is 4.14. The first-order valence-corrected chi connectivity index (χ1v) is 4.14. The summed E-state index contributed by atoms with van der Waals surface area (Å²) < 4.78 is 1.83. The maximum absolute atomic E-state index is 5.58. The fraction of sp³-hybridized carbons (Fsp3) is 0.100. The standard InChI is InChI=1S/C10H11N3.2ClH/c1-8-6-7-13(12-8)10-4-2-9(11)3-5-10;;/h2-7H,11H2,1H3;2*1H. The zero-order valence-electron chi connectivity index (χ0n) is 8.25.